The maximum Gasteiger partial charge on any atom is 0.301 e. The van der Waals surface area contributed by atoms with Crippen LogP contribution in [-0.4, -0.2) is 30.8 Å². The number of nitrogens with one attached hydrogen (secondary N) is 1. The fraction of sp³-hybridized carbons (Fsp3) is 0.545. The lowest BCUT2D eigenvalue weighted by atomic mass is 10.0. The maximum absolute atomic E-state index is 12.2. The number of piperidine rings is 1. The van der Waals surface area contributed by atoms with E-state index in [2.05, 4.69) is 16.6 Å². The van der Waals surface area contributed by atoms with Crippen molar-refractivity contribution in [1.29, 1.82) is 0 Å². The SMILES string of the molecule is CC1CCCN(S(=O)(=O)Nc2cnccc2Cl)C1. The van der Waals surface area contributed by atoms with Crippen LogP contribution in [0, 0.1) is 5.92 Å². The topological polar surface area (TPSA) is 62.3 Å². The van der Waals surface area contributed by atoms with Crippen molar-refractivity contribution in [2.75, 3.05) is 17.8 Å². The maximum atomic E-state index is 12.2. The Morgan fingerprint density at radius 2 is 2.33 bits per heavy atom. The van der Waals surface area contributed by atoms with Crippen LogP contribution >= 0.6 is 11.6 Å². The number of anilines is 1. The minimum Gasteiger partial charge on any atom is -0.268 e. The number of pyridine rings is 1. The van der Waals surface area contributed by atoms with Crippen LogP contribution in [0.15, 0.2) is 18.5 Å². The molecule has 5 nitrogen and oxygen atoms in total. The van der Waals surface area contributed by atoms with Crippen LogP contribution in [0.5, 0.6) is 0 Å². The second kappa shape index (κ2) is 5.42. The zero-order chi connectivity index (χ0) is 13.2. The Bertz CT molecular complexity index is 521. The van der Waals surface area contributed by atoms with Crippen molar-refractivity contribution in [1.82, 2.24) is 9.29 Å². The average molecular weight is 290 g/mol. The van der Waals surface area contributed by atoms with E-state index in [1.54, 1.807) is 6.07 Å². The summed E-state index contributed by atoms with van der Waals surface area (Å²) in [5.74, 6) is 0.389. The fourth-order valence-corrected chi connectivity index (χ4v) is 3.62. The van der Waals surface area contributed by atoms with E-state index in [9.17, 15) is 8.42 Å². The Labute approximate surface area is 112 Å². The van der Waals surface area contributed by atoms with Crippen molar-refractivity contribution < 1.29 is 8.42 Å². The van der Waals surface area contributed by atoms with Gasteiger partial charge < -0.3 is 0 Å². The third-order valence-corrected chi connectivity index (χ3v) is 4.79. The van der Waals surface area contributed by atoms with Crippen LogP contribution < -0.4 is 4.72 Å². The third-order valence-electron chi connectivity index (χ3n) is 2.97. The molecule has 0 spiro atoms. The smallest absolute Gasteiger partial charge is 0.268 e. The van der Waals surface area contributed by atoms with Crippen molar-refractivity contribution >= 4 is 27.5 Å². The number of aromatic nitrogens is 1. The summed E-state index contributed by atoms with van der Waals surface area (Å²) in [6.45, 7) is 3.16. The normalized spacial score (nSPS) is 21.8. The summed E-state index contributed by atoms with van der Waals surface area (Å²) in [7, 11) is -3.53. The van der Waals surface area contributed by atoms with Crippen molar-refractivity contribution in [3.8, 4) is 0 Å². The van der Waals surface area contributed by atoms with Crippen LogP contribution in [0.25, 0.3) is 0 Å². The van der Waals surface area contributed by atoms with E-state index in [4.69, 9.17) is 11.6 Å². The van der Waals surface area contributed by atoms with Gasteiger partial charge in [-0.15, -0.1) is 0 Å². The fourth-order valence-electron chi connectivity index (χ4n) is 2.02. The molecule has 2 rings (SSSR count). The molecule has 1 aliphatic rings. The standard InChI is InChI=1S/C11H16ClN3O2S/c1-9-3-2-6-15(8-9)18(16,17)14-11-7-13-5-4-10(11)12/h4-5,7,9,14H,2-3,6,8H2,1H3. The summed E-state index contributed by atoms with van der Waals surface area (Å²) >= 11 is 5.91. The number of nitrogens with zero attached hydrogens (tertiary/aromatic N) is 2. The van der Waals surface area contributed by atoms with E-state index in [0.717, 1.165) is 12.8 Å². The summed E-state index contributed by atoms with van der Waals surface area (Å²) < 4.78 is 28.3. The molecule has 1 fully saturated rings. The van der Waals surface area contributed by atoms with E-state index in [1.807, 2.05) is 0 Å². The summed E-state index contributed by atoms with van der Waals surface area (Å²) in [5.41, 5.74) is 0.317. The van der Waals surface area contributed by atoms with Crippen LogP contribution in [0.3, 0.4) is 0 Å². The summed E-state index contributed by atoms with van der Waals surface area (Å²) in [6, 6.07) is 1.55. The Hall–Kier alpha value is -0.850. The minimum atomic E-state index is -3.53. The quantitative estimate of drug-likeness (QED) is 0.927. The lowest BCUT2D eigenvalue weighted by Gasteiger charge is -2.30. The number of hydrogen-bond donors (Lipinski definition) is 1. The molecule has 1 atom stereocenters. The number of halogens is 1. The van der Waals surface area contributed by atoms with Gasteiger partial charge in [-0.2, -0.15) is 12.7 Å². The molecular weight excluding hydrogens is 274 g/mol. The van der Waals surface area contributed by atoms with Gasteiger partial charge in [0.2, 0.25) is 0 Å². The first-order valence-electron chi connectivity index (χ1n) is 5.86. The van der Waals surface area contributed by atoms with Crippen molar-refractivity contribution in [3.63, 3.8) is 0 Å². The molecule has 0 radical (unpaired) electrons. The highest BCUT2D eigenvalue weighted by molar-refractivity contribution is 7.90. The largest absolute Gasteiger partial charge is 0.301 e. The molecule has 1 N–H and O–H groups in total. The van der Waals surface area contributed by atoms with Crippen LogP contribution in [0.2, 0.25) is 5.02 Å². The highest BCUT2D eigenvalue weighted by Crippen LogP contribution is 2.23. The monoisotopic (exact) mass is 289 g/mol. The van der Waals surface area contributed by atoms with E-state index in [0.29, 0.717) is 29.7 Å². The van der Waals surface area contributed by atoms with E-state index in [-0.39, 0.29) is 0 Å². The molecule has 18 heavy (non-hydrogen) atoms. The average Bonchev–Trinajstić information content (AvgIpc) is 2.32. The van der Waals surface area contributed by atoms with Crippen LogP contribution in [0.4, 0.5) is 5.69 Å². The Morgan fingerprint density at radius 3 is 3.00 bits per heavy atom. The Morgan fingerprint density at radius 1 is 1.56 bits per heavy atom. The highest BCUT2D eigenvalue weighted by Gasteiger charge is 2.27. The van der Waals surface area contributed by atoms with Gasteiger partial charge in [-0.3, -0.25) is 9.71 Å². The van der Waals surface area contributed by atoms with Crippen molar-refractivity contribution in [2.45, 2.75) is 19.8 Å². The molecule has 0 saturated carbocycles. The van der Waals surface area contributed by atoms with E-state index in [1.165, 1.54) is 16.7 Å². The molecule has 1 unspecified atom stereocenters. The van der Waals surface area contributed by atoms with Crippen molar-refractivity contribution in [3.05, 3.63) is 23.5 Å². The van der Waals surface area contributed by atoms with Crippen LogP contribution in [-0.2, 0) is 10.2 Å². The molecule has 1 aliphatic heterocycles. The molecule has 2 heterocycles. The first-order valence-corrected chi connectivity index (χ1v) is 7.68. The predicted octanol–water partition coefficient (Wildman–Crippen LogP) is 2.12. The molecule has 1 saturated heterocycles. The lowest BCUT2D eigenvalue weighted by molar-refractivity contribution is 0.282. The zero-order valence-corrected chi connectivity index (χ0v) is 11.7. The molecule has 100 valence electrons. The van der Waals surface area contributed by atoms with Gasteiger partial charge in [0.05, 0.1) is 16.9 Å². The Kier molecular flexibility index (Phi) is 4.09. The lowest BCUT2D eigenvalue weighted by Crippen LogP contribution is -2.42. The Balaban J connectivity index is 2.14. The van der Waals surface area contributed by atoms with E-state index < -0.39 is 10.2 Å². The van der Waals surface area contributed by atoms with Gasteiger partial charge in [0, 0.05) is 19.3 Å². The van der Waals surface area contributed by atoms with Gasteiger partial charge in [-0.1, -0.05) is 18.5 Å². The summed E-state index contributed by atoms with van der Waals surface area (Å²) in [6.07, 6.45) is 4.89. The van der Waals surface area contributed by atoms with Gasteiger partial charge in [0.25, 0.3) is 0 Å². The molecule has 7 heteroatoms. The number of rotatable bonds is 3. The number of hydrogen-bond acceptors (Lipinski definition) is 3. The second-order valence-corrected chi connectivity index (χ2v) is 6.65. The van der Waals surface area contributed by atoms with Gasteiger partial charge in [0.15, 0.2) is 0 Å². The molecule has 0 aliphatic carbocycles. The molecule has 0 bridgehead atoms. The summed E-state index contributed by atoms with van der Waals surface area (Å²) in [5, 5.41) is 0.346. The molecular formula is C11H16ClN3O2S. The van der Waals surface area contributed by atoms with Gasteiger partial charge in [-0.05, 0) is 24.8 Å². The first kappa shape index (κ1) is 13.6. The zero-order valence-electron chi connectivity index (χ0n) is 10.1. The first-order chi connectivity index (χ1) is 8.49. The summed E-state index contributed by atoms with van der Waals surface area (Å²) in [4.78, 5) is 3.86. The minimum absolute atomic E-state index is 0.317. The van der Waals surface area contributed by atoms with Crippen LogP contribution in [0.1, 0.15) is 19.8 Å². The molecule has 0 aromatic carbocycles. The van der Waals surface area contributed by atoms with E-state index >= 15 is 0 Å². The van der Waals surface area contributed by atoms with Crippen molar-refractivity contribution in [2.24, 2.45) is 5.92 Å². The predicted molar refractivity (Wildman–Crippen MR) is 71.8 cm³/mol. The second-order valence-electron chi connectivity index (χ2n) is 4.57. The molecule has 1 aromatic heterocycles. The third kappa shape index (κ3) is 3.13. The van der Waals surface area contributed by atoms with Gasteiger partial charge in [0.1, 0.15) is 0 Å². The molecule has 1 aromatic rings. The van der Waals surface area contributed by atoms with Gasteiger partial charge in [-0.25, -0.2) is 0 Å². The molecule has 0 amide bonds. The highest BCUT2D eigenvalue weighted by atomic mass is 35.5. The van der Waals surface area contributed by atoms with Gasteiger partial charge >= 0.3 is 10.2 Å².